The minimum Gasteiger partial charge on any atom is -0.481 e. The highest BCUT2D eigenvalue weighted by molar-refractivity contribution is 14.2. The molecule has 3 aromatic heterocycles. The molecule has 6 nitrogen and oxygen atoms in total. The lowest BCUT2D eigenvalue weighted by atomic mass is 10.0. The van der Waals surface area contributed by atoms with Crippen molar-refractivity contribution in [1.29, 1.82) is 0 Å². The maximum absolute atomic E-state index is 5.66. The Labute approximate surface area is 210 Å². The lowest BCUT2D eigenvalue weighted by Gasteiger charge is -2.38. The van der Waals surface area contributed by atoms with Crippen LogP contribution >= 0.6 is 30.3 Å². The summed E-state index contributed by atoms with van der Waals surface area (Å²) in [7, 11) is 3.24. The zero-order valence-corrected chi connectivity index (χ0v) is 21.5. The van der Waals surface area contributed by atoms with Crippen molar-refractivity contribution in [3.8, 4) is 28.1 Å². The molecule has 0 bridgehead atoms. The van der Waals surface area contributed by atoms with Gasteiger partial charge in [-0.05, 0) is 30.2 Å². The number of pyridine rings is 2. The highest BCUT2D eigenvalue weighted by Gasteiger charge is 2.26. The van der Waals surface area contributed by atoms with Gasteiger partial charge in [0.1, 0.15) is 0 Å². The average molecular weight is 572 g/mol. The Balaban J connectivity index is 1.40. The molecule has 1 fully saturated rings. The lowest BCUT2D eigenvalue weighted by molar-refractivity contribution is -0.0531. The highest BCUT2D eigenvalue weighted by atomic mass is 127. The van der Waals surface area contributed by atoms with Gasteiger partial charge in [-0.15, -0.1) is 0 Å². The van der Waals surface area contributed by atoms with Crippen LogP contribution in [0.4, 0.5) is 0 Å². The third-order valence-electron chi connectivity index (χ3n) is 5.96. The third kappa shape index (κ3) is 4.75. The second-order valence-electron chi connectivity index (χ2n) is 8.09. The number of aromatic nitrogens is 3. The molecule has 1 aromatic carbocycles. The first-order chi connectivity index (χ1) is 16.2. The first-order valence-electron chi connectivity index (χ1n) is 10.9. The van der Waals surface area contributed by atoms with Crippen LogP contribution in [0.25, 0.3) is 33.3 Å². The van der Waals surface area contributed by atoms with E-state index in [0.717, 1.165) is 59.5 Å². The molecular formula is C25H25IN4O2S. The van der Waals surface area contributed by atoms with Gasteiger partial charge in [0, 0.05) is 103 Å². The van der Waals surface area contributed by atoms with Gasteiger partial charge in [0.15, 0.2) is 5.65 Å². The Morgan fingerprint density at radius 2 is 1.79 bits per heavy atom. The van der Waals surface area contributed by atoms with Crippen molar-refractivity contribution in [2.45, 2.75) is 19.6 Å². The fourth-order valence-electron chi connectivity index (χ4n) is 4.23. The minimum absolute atomic E-state index is 0.398. The summed E-state index contributed by atoms with van der Waals surface area (Å²) in [6.07, 6.45) is 6.32. The number of fused-ring (bicyclic) bond motifs is 1. The molecule has 4 heterocycles. The lowest BCUT2D eigenvalue weighted by Crippen LogP contribution is -2.51. The number of methoxy groups -OCH3 is 1. The zero-order chi connectivity index (χ0) is 22.8. The van der Waals surface area contributed by atoms with Crippen LogP contribution in [0.2, 0.25) is 0 Å². The summed E-state index contributed by atoms with van der Waals surface area (Å²) in [6, 6.07) is 15.0. The summed E-state index contributed by atoms with van der Waals surface area (Å²) in [5, 5.41) is 1.11. The van der Waals surface area contributed by atoms with Gasteiger partial charge in [0.25, 0.3) is 0 Å². The second-order valence-corrected chi connectivity index (χ2v) is 9.80. The summed E-state index contributed by atoms with van der Waals surface area (Å²) in [4.78, 5) is 11.6. The van der Waals surface area contributed by atoms with E-state index >= 15 is 0 Å². The van der Waals surface area contributed by atoms with Crippen molar-refractivity contribution in [3.63, 3.8) is 0 Å². The predicted octanol–water partition coefficient (Wildman–Crippen LogP) is 5.84. The van der Waals surface area contributed by atoms with Crippen LogP contribution in [0, 0.1) is 0 Å². The molecule has 1 saturated heterocycles. The predicted molar refractivity (Wildman–Crippen MR) is 143 cm³/mol. The Kier molecular flexibility index (Phi) is 6.86. The number of halogens is 1. The van der Waals surface area contributed by atoms with E-state index in [1.807, 2.05) is 24.5 Å². The second kappa shape index (κ2) is 10.0. The van der Waals surface area contributed by atoms with E-state index in [2.05, 4.69) is 78.5 Å². The quantitative estimate of drug-likeness (QED) is 0.248. The zero-order valence-electron chi connectivity index (χ0n) is 18.6. The van der Waals surface area contributed by atoms with Crippen molar-refractivity contribution >= 4 is 41.4 Å². The van der Waals surface area contributed by atoms with Gasteiger partial charge in [-0.2, -0.15) is 0 Å². The van der Waals surface area contributed by atoms with E-state index in [0.29, 0.717) is 12.0 Å². The highest BCUT2D eigenvalue weighted by Crippen LogP contribution is 2.36. The number of nitrogens with zero attached hydrogens (tertiary/aromatic N) is 4. The van der Waals surface area contributed by atoms with E-state index in [1.165, 1.54) is 5.56 Å². The summed E-state index contributed by atoms with van der Waals surface area (Å²) in [6.45, 7) is 5.85. The van der Waals surface area contributed by atoms with Crippen molar-refractivity contribution < 1.29 is 9.47 Å². The Morgan fingerprint density at radius 3 is 2.45 bits per heavy atom. The number of hydrogen-bond acceptors (Lipinski definition) is 6. The topological polar surface area (TPSA) is 52.4 Å². The molecule has 8 heteroatoms. The molecule has 0 unspecified atom stereocenters. The summed E-state index contributed by atoms with van der Waals surface area (Å²) >= 11 is 2.28. The van der Waals surface area contributed by atoms with E-state index in [1.54, 1.807) is 16.2 Å². The smallest absolute Gasteiger partial charge is 0.212 e. The Bertz CT molecular complexity index is 1240. The molecule has 1 aliphatic rings. The maximum Gasteiger partial charge on any atom is 0.212 e. The molecule has 5 rings (SSSR count). The van der Waals surface area contributed by atoms with Gasteiger partial charge >= 0.3 is 0 Å². The number of ether oxygens (including phenoxy) is 2. The molecule has 33 heavy (non-hydrogen) atoms. The first kappa shape index (κ1) is 22.6. The standard InChI is InChI=1S/C25H25IN4O2S/c1-3-32-21-14-29(15-21)13-17-4-6-18(7-5-17)20-10-22-23(16-30(33-26)25(22)28-12-20)19-8-9-24(31-2)27-11-19/h4-12,16,21H,3,13-15H2,1-2H3. The van der Waals surface area contributed by atoms with Crippen molar-refractivity contribution in [2.75, 3.05) is 26.8 Å². The molecule has 1 aliphatic heterocycles. The first-order valence-corrected chi connectivity index (χ1v) is 14.2. The van der Waals surface area contributed by atoms with Crippen LogP contribution in [0.1, 0.15) is 12.5 Å². The molecule has 0 radical (unpaired) electrons. The summed E-state index contributed by atoms with van der Waals surface area (Å²) in [5.74, 6) is 0.608. The molecule has 0 atom stereocenters. The number of likely N-dealkylation sites (tertiary alicyclic amines) is 1. The normalized spacial score (nSPS) is 14.5. The molecule has 170 valence electrons. The van der Waals surface area contributed by atoms with Gasteiger partial charge in [-0.3, -0.25) is 8.87 Å². The largest absolute Gasteiger partial charge is 0.481 e. The maximum atomic E-state index is 5.66. The molecule has 0 N–H and O–H groups in total. The number of hydrogen-bond donors (Lipinski definition) is 0. The van der Waals surface area contributed by atoms with Crippen LogP contribution in [0.15, 0.2) is 61.1 Å². The Morgan fingerprint density at radius 1 is 1.03 bits per heavy atom. The van der Waals surface area contributed by atoms with Crippen LogP contribution in [-0.2, 0) is 11.3 Å². The third-order valence-corrected chi connectivity index (χ3v) is 7.66. The van der Waals surface area contributed by atoms with Crippen molar-refractivity contribution in [1.82, 2.24) is 18.8 Å². The Hall–Kier alpha value is -2.14. The minimum atomic E-state index is 0.398. The monoisotopic (exact) mass is 572 g/mol. The van der Waals surface area contributed by atoms with Crippen molar-refractivity contribution in [3.05, 3.63) is 66.6 Å². The van der Waals surface area contributed by atoms with Crippen LogP contribution in [-0.4, -0.2) is 51.8 Å². The van der Waals surface area contributed by atoms with E-state index in [-0.39, 0.29) is 0 Å². The fraction of sp³-hybridized carbons (Fsp3) is 0.280. The number of benzene rings is 1. The fourth-order valence-corrected chi connectivity index (χ4v) is 5.49. The van der Waals surface area contributed by atoms with E-state index in [4.69, 9.17) is 14.5 Å². The van der Waals surface area contributed by atoms with Gasteiger partial charge in [0.2, 0.25) is 5.88 Å². The summed E-state index contributed by atoms with van der Waals surface area (Å²) in [5.41, 5.74) is 6.68. The summed E-state index contributed by atoms with van der Waals surface area (Å²) < 4.78 is 13.0. The molecule has 0 amide bonds. The molecule has 0 saturated carbocycles. The van der Waals surface area contributed by atoms with Gasteiger partial charge in [-0.1, -0.05) is 24.3 Å². The van der Waals surface area contributed by atoms with Gasteiger partial charge < -0.3 is 9.47 Å². The van der Waals surface area contributed by atoms with Crippen LogP contribution in [0.3, 0.4) is 0 Å². The number of rotatable bonds is 8. The van der Waals surface area contributed by atoms with Crippen LogP contribution < -0.4 is 4.74 Å². The van der Waals surface area contributed by atoms with E-state index < -0.39 is 0 Å². The van der Waals surface area contributed by atoms with Crippen molar-refractivity contribution in [2.24, 2.45) is 0 Å². The van der Waals surface area contributed by atoms with Crippen LogP contribution in [0.5, 0.6) is 5.88 Å². The average Bonchev–Trinajstić information content (AvgIpc) is 3.21. The molecule has 0 spiro atoms. The molecule has 4 aromatic rings. The molecule has 0 aliphatic carbocycles. The SMILES string of the molecule is CCOC1CN(Cc2ccc(-c3cnc4c(c3)c(-c3ccc(OC)nc3)cn4SI)cc2)C1. The van der Waals surface area contributed by atoms with Gasteiger partial charge in [-0.25, -0.2) is 9.97 Å². The van der Waals surface area contributed by atoms with E-state index in [9.17, 15) is 0 Å². The molecular weight excluding hydrogens is 547 g/mol. The van der Waals surface area contributed by atoms with Gasteiger partial charge in [0.05, 0.1) is 13.2 Å².